The highest BCUT2D eigenvalue weighted by atomic mass is 79.9. The van der Waals surface area contributed by atoms with Crippen LogP contribution in [0, 0.1) is 6.92 Å². The summed E-state index contributed by atoms with van der Waals surface area (Å²) in [5, 5.41) is 3.20. The lowest BCUT2D eigenvalue weighted by atomic mass is 10.1. The van der Waals surface area contributed by atoms with Crippen molar-refractivity contribution in [2.24, 2.45) is 0 Å². The zero-order chi connectivity index (χ0) is 25.6. The molecule has 182 valence electrons. The van der Waals surface area contributed by atoms with Gasteiger partial charge in [0.15, 0.2) is 11.4 Å². The van der Waals surface area contributed by atoms with E-state index in [-0.39, 0.29) is 28.4 Å². The van der Waals surface area contributed by atoms with Gasteiger partial charge in [-0.25, -0.2) is 4.98 Å². The lowest BCUT2D eigenvalue weighted by Gasteiger charge is -2.16. The number of aromatic nitrogens is 2. The normalized spacial score (nSPS) is 12.8. The van der Waals surface area contributed by atoms with Crippen molar-refractivity contribution in [3.05, 3.63) is 91.8 Å². The highest BCUT2D eigenvalue weighted by molar-refractivity contribution is 9.10. The second-order valence-corrected chi connectivity index (χ2v) is 9.56. The van der Waals surface area contributed by atoms with E-state index in [1.807, 2.05) is 23.6 Å². The number of imidazole rings is 1. The number of benzene rings is 2. The van der Waals surface area contributed by atoms with Crippen molar-refractivity contribution in [1.82, 2.24) is 14.3 Å². The SMILES string of the molecule is Cc1nc2c(OCc3c(Cl)ccc(NC(=O)CN4C(=O)c5ccccc5C4=O)c3Cl)cccn2c1Br. The molecule has 0 atom stereocenters. The van der Waals surface area contributed by atoms with Crippen LogP contribution in [-0.4, -0.2) is 38.6 Å². The van der Waals surface area contributed by atoms with Crippen LogP contribution in [0.25, 0.3) is 5.65 Å². The van der Waals surface area contributed by atoms with Crippen LogP contribution in [0.4, 0.5) is 5.69 Å². The number of amides is 3. The Labute approximate surface area is 223 Å². The molecule has 8 nitrogen and oxygen atoms in total. The summed E-state index contributed by atoms with van der Waals surface area (Å²) >= 11 is 16.4. The third-order valence-corrected chi connectivity index (χ3v) is 7.47. The Bertz CT molecular complexity index is 1530. The summed E-state index contributed by atoms with van der Waals surface area (Å²) in [7, 11) is 0. The minimum Gasteiger partial charge on any atom is -0.485 e. The Morgan fingerprint density at radius 3 is 2.44 bits per heavy atom. The van der Waals surface area contributed by atoms with Gasteiger partial charge >= 0.3 is 0 Å². The molecule has 0 fully saturated rings. The zero-order valence-corrected chi connectivity index (χ0v) is 21.8. The summed E-state index contributed by atoms with van der Waals surface area (Å²) in [5.41, 5.74) is 2.72. The number of ether oxygens (including phenoxy) is 1. The third-order valence-electron chi connectivity index (χ3n) is 5.73. The molecule has 1 N–H and O–H groups in total. The van der Waals surface area contributed by atoms with Gasteiger partial charge in [-0.3, -0.25) is 23.7 Å². The predicted molar refractivity (Wildman–Crippen MR) is 139 cm³/mol. The van der Waals surface area contributed by atoms with E-state index < -0.39 is 24.3 Å². The van der Waals surface area contributed by atoms with Gasteiger partial charge < -0.3 is 10.1 Å². The summed E-state index contributed by atoms with van der Waals surface area (Å²) in [6.07, 6.45) is 1.86. The summed E-state index contributed by atoms with van der Waals surface area (Å²) in [4.78, 5) is 43.2. The number of rotatable bonds is 6. The molecular formula is C25H17BrCl2N4O4. The topological polar surface area (TPSA) is 93.0 Å². The highest BCUT2D eigenvalue weighted by Crippen LogP contribution is 2.34. The molecular weight excluding hydrogens is 571 g/mol. The van der Waals surface area contributed by atoms with Gasteiger partial charge in [0, 0.05) is 16.8 Å². The van der Waals surface area contributed by atoms with Gasteiger partial charge in [-0.2, -0.15) is 0 Å². The van der Waals surface area contributed by atoms with Gasteiger partial charge in [0.1, 0.15) is 17.8 Å². The van der Waals surface area contributed by atoms with E-state index in [1.165, 1.54) is 0 Å². The van der Waals surface area contributed by atoms with Gasteiger partial charge in [0.2, 0.25) is 5.91 Å². The van der Waals surface area contributed by atoms with Gasteiger partial charge in [0.25, 0.3) is 11.8 Å². The second-order valence-electron chi connectivity index (χ2n) is 8.02. The Kier molecular flexibility index (Phi) is 6.46. The molecule has 0 saturated carbocycles. The molecule has 0 unspecified atom stereocenters. The van der Waals surface area contributed by atoms with E-state index in [1.54, 1.807) is 42.5 Å². The molecule has 3 amide bonds. The first-order chi connectivity index (χ1) is 17.3. The van der Waals surface area contributed by atoms with Gasteiger partial charge in [-0.15, -0.1) is 0 Å². The van der Waals surface area contributed by atoms with Crippen molar-refractivity contribution in [3.8, 4) is 5.75 Å². The number of fused-ring (bicyclic) bond motifs is 2. The van der Waals surface area contributed by atoms with Crippen LogP contribution < -0.4 is 10.1 Å². The van der Waals surface area contributed by atoms with E-state index in [2.05, 4.69) is 26.2 Å². The Balaban J connectivity index is 1.32. The number of nitrogens with zero attached hydrogens (tertiary/aromatic N) is 3. The van der Waals surface area contributed by atoms with Crippen LogP contribution in [0.5, 0.6) is 5.75 Å². The average molecular weight is 588 g/mol. The zero-order valence-electron chi connectivity index (χ0n) is 18.7. The lowest BCUT2D eigenvalue weighted by molar-refractivity contribution is -0.116. The smallest absolute Gasteiger partial charge is 0.262 e. The number of anilines is 1. The summed E-state index contributed by atoms with van der Waals surface area (Å²) in [6, 6.07) is 13.2. The Morgan fingerprint density at radius 1 is 1.06 bits per heavy atom. The number of hydrogen-bond acceptors (Lipinski definition) is 5. The standard InChI is InChI=1S/C25H17BrCl2N4O4/c1-13-22(26)31-10-4-7-19(23(31)29-13)36-12-16-17(27)8-9-18(21(16)28)30-20(33)11-32-24(34)14-5-2-3-6-15(14)25(32)35/h2-10H,11-12H2,1H3,(H,30,33). The van der Waals surface area contributed by atoms with E-state index in [0.29, 0.717) is 22.0 Å². The van der Waals surface area contributed by atoms with E-state index >= 15 is 0 Å². The fourth-order valence-corrected chi connectivity index (χ4v) is 4.83. The van der Waals surface area contributed by atoms with Gasteiger partial charge in [0.05, 0.1) is 27.5 Å². The van der Waals surface area contributed by atoms with Crippen LogP contribution in [-0.2, 0) is 11.4 Å². The maximum absolute atomic E-state index is 12.7. The molecule has 4 aromatic rings. The maximum atomic E-state index is 12.7. The largest absolute Gasteiger partial charge is 0.485 e. The number of aryl methyl sites for hydroxylation is 1. The maximum Gasteiger partial charge on any atom is 0.262 e. The predicted octanol–water partition coefficient (Wildman–Crippen LogP) is 5.53. The van der Waals surface area contributed by atoms with Crippen LogP contribution in [0.2, 0.25) is 10.0 Å². The number of carbonyl (C=O) groups is 3. The molecule has 0 radical (unpaired) electrons. The Morgan fingerprint density at radius 2 is 1.75 bits per heavy atom. The van der Waals surface area contributed by atoms with Crippen molar-refractivity contribution in [3.63, 3.8) is 0 Å². The minimum absolute atomic E-state index is 0.0168. The monoisotopic (exact) mass is 586 g/mol. The van der Waals surface area contributed by atoms with Crippen molar-refractivity contribution in [2.75, 3.05) is 11.9 Å². The van der Waals surface area contributed by atoms with Crippen LogP contribution >= 0.6 is 39.1 Å². The number of nitrogens with one attached hydrogen (secondary N) is 1. The molecule has 2 aromatic heterocycles. The first-order valence-corrected chi connectivity index (χ1v) is 12.3. The fraction of sp³-hybridized carbons (Fsp3) is 0.120. The number of hydrogen-bond donors (Lipinski definition) is 1. The molecule has 0 spiro atoms. The van der Waals surface area contributed by atoms with Crippen molar-refractivity contribution in [1.29, 1.82) is 0 Å². The van der Waals surface area contributed by atoms with Crippen LogP contribution in [0.15, 0.2) is 59.3 Å². The first-order valence-electron chi connectivity index (χ1n) is 10.7. The molecule has 1 aliphatic heterocycles. The second kappa shape index (κ2) is 9.57. The van der Waals surface area contributed by atoms with Crippen molar-refractivity contribution >= 4 is 68.2 Å². The van der Waals surface area contributed by atoms with Crippen molar-refractivity contribution < 1.29 is 19.1 Å². The van der Waals surface area contributed by atoms with E-state index in [9.17, 15) is 14.4 Å². The van der Waals surface area contributed by atoms with E-state index in [4.69, 9.17) is 27.9 Å². The molecule has 2 aromatic carbocycles. The lowest BCUT2D eigenvalue weighted by Crippen LogP contribution is -2.37. The molecule has 1 aliphatic rings. The minimum atomic E-state index is -0.580. The number of pyridine rings is 1. The third kappa shape index (κ3) is 4.23. The number of halogens is 3. The molecule has 0 aliphatic carbocycles. The van der Waals surface area contributed by atoms with Crippen LogP contribution in [0.3, 0.4) is 0 Å². The van der Waals surface area contributed by atoms with Crippen molar-refractivity contribution in [2.45, 2.75) is 13.5 Å². The molecule has 11 heteroatoms. The summed E-state index contributed by atoms with van der Waals surface area (Å²) in [6.45, 7) is 1.44. The molecule has 36 heavy (non-hydrogen) atoms. The quantitative estimate of drug-likeness (QED) is 0.300. The number of imide groups is 1. The average Bonchev–Trinajstić information content (AvgIpc) is 3.29. The Hall–Kier alpha value is -3.40. The van der Waals surface area contributed by atoms with Gasteiger partial charge in [-0.05, 0) is 59.3 Å². The summed E-state index contributed by atoms with van der Waals surface area (Å²) < 4.78 is 8.66. The fourth-order valence-electron chi connectivity index (χ4n) is 3.93. The van der Waals surface area contributed by atoms with E-state index in [0.717, 1.165) is 15.2 Å². The highest BCUT2D eigenvalue weighted by Gasteiger charge is 2.36. The summed E-state index contributed by atoms with van der Waals surface area (Å²) in [5.74, 6) is -1.09. The number of carbonyl (C=O) groups excluding carboxylic acids is 3. The molecule has 3 heterocycles. The first kappa shape index (κ1) is 24.3. The molecule has 0 saturated heterocycles. The van der Waals surface area contributed by atoms with Gasteiger partial charge in [-0.1, -0.05) is 35.3 Å². The molecule has 0 bridgehead atoms. The van der Waals surface area contributed by atoms with Crippen LogP contribution in [0.1, 0.15) is 32.0 Å². The molecule has 5 rings (SSSR count).